The number of urea groups is 1. The van der Waals surface area contributed by atoms with Gasteiger partial charge < -0.3 is 4.90 Å². The molecule has 2 aromatic rings. The third kappa shape index (κ3) is 4.97. The van der Waals surface area contributed by atoms with Crippen molar-refractivity contribution in [2.45, 2.75) is 46.0 Å². The largest absolute Gasteiger partial charge is 0.327 e. The molecule has 0 fully saturated rings. The lowest BCUT2D eigenvalue weighted by Crippen LogP contribution is -2.32. The molecule has 2 heterocycles. The van der Waals surface area contributed by atoms with Crippen LogP contribution in [0.25, 0.3) is 0 Å². The first kappa shape index (κ1) is 17.8. The molecule has 0 saturated heterocycles. The lowest BCUT2D eigenvalue weighted by Gasteiger charge is -2.16. The van der Waals surface area contributed by atoms with E-state index in [1.807, 2.05) is 12.4 Å². The lowest BCUT2D eigenvalue weighted by molar-refractivity contribution is 0.223. The minimum atomic E-state index is -0.155. The second-order valence-electron chi connectivity index (χ2n) is 5.60. The molecule has 0 aliphatic heterocycles. The van der Waals surface area contributed by atoms with E-state index >= 15 is 0 Å². The van der Waals surface area contributed by atoms with E-state index in [4.69, 9.17) is 0 Å². The van der Waals surface area contributed by atoms with Crippen LogP contribution in [-0.2, 0) is 6.42 Å². The van der Waals surface area contributed by atoms with E-state index in [1.54, 1.807) is 23.3 Å². The van der Waals surface area contributed by atoms with Gasteiger partial charge in [-0.15, -0.1) is 21.5 Å². The van der Waals surface area contributed by atoms with Gasteiger partial charge in [-0.2, -0.15) is 0 Å². The molecule has 8 heteroatoms. The minimum absolute atomic E-state index is 0.155. The van der Waals surface area contributed by atoms with E-state index in [1.165, 1.54) is 16.2 Å². The Morgan fingerprint density at radius 3 is 2.87 bits per heavy atom. The zero-order chi connectivity index (χ0) is 16.8. The SMILES string of the molecule is CCCC(C)c1nnc(NC(=O)N(C)CCc2scnc2C)s1. The molecule has 0 radical (unpaired) electrons. The van der Waals surface area contributed by atoms with Gasteiger partial charge in [0.25, 0.3) is 0 Å². The molecular weight excluding hydrogens is 330 g/mol. The molecule has 1 N–H and O–H groups in total. The number of carbonyl (C=O) groups excluding carboxylic acids is 1. The van der Waals surface area contributed by atoms with Crippen molar-refractivity contribution in [1.29, 1.82) is 0 Å². The molecule has 0 spiro atoms. The molecule has 2 aromatic heterocycles. The maximum absolute atomic E-state index is 12.2. The van der Waals surface area contributed by atoms with Crippen molar-refractivity contribution in [3.8, 4) is 0 Å². The number of likely N-dealkylation sites (N-methyl/N-ethyl adjacent to an activating group) is 1. The zero-order valence-corrected chi connectivity index (χ0v) is 15.6. The number of hydrogen-bond acceptors (Lipinski definition) is 6. The molecular formula is C15H23N5OS2. The number of rotatable bonds is 7. The summed E-state index contributed by atoms with van der Waals surface area (Å²) in [6.07, 6.45) is 3.01. The number of amides is 2. The first-order valence-electron chi connectivity index (χ1n) is 7.75. The van der Waals surface area contributed by atoms with Gasteiger partial charge >= 0.3 is 6.03 Å². The summed E-state index contributed by atoms with van der Waals surface area (Å²) in [5.41, 5.74) is 2.88. The fourth-order valence-electron chi connectivity index (χ4n) is 2.16. The molecule has 0 aliphatic rings. The third-order valence-corrected chi connectivity index (χ3v) is 5.73. The van der Waals surface area contributed by atoms with E-state index in [0.29, 0.717) is 17.6 Å². The summed E-state index contributed by atoms with van der Waals surface area (Å²) < 4.78 is 0. The van der Waals surface area contributed by atoms with E-state index < -0.39 is 0 Å². The molecule has 0 aromatic carbocycles. The van der Waals surface area contributed by atoms with Crippen LogP contribution < -0.4 is 5.32 Å². The van der Waals surface area contributed by atoms with Crippen molar-refractivity contribution in [2.24, 2.45) is 0 Å². The summed E-state index contributed by atoms with van der Waals surface area (Å²) in [6.45, 7) is 6.93. The van der Waals surface area contributed by atoms with Crippen LogP contribution in [0.1, 0.15) is 48.2 Å². The second kappa shape index (κ2) is 8.35. The lowest BCUT2D eigenvalue weighted by atomic mass is 10.1. The van der Waals surface area contributed by atoms with Crippen LogP contribution in [-0.4, -0.2) is 39.7 Å². The average molecular weight is 354 g/mol. The first-order valence-corrected chi connectivity index (χ1v) is 9.45. The van der Waals surface area contributed by atoms with Gasteiger partial charge in [0, 0.05) is 30.8 Å². The van der Waals surface area contributed by atoms with Gasteiger partial charge in [-0.25, -0.2) is 9.78 Å². The Hall–Kier alpha value is -1.54. The maximum Gasteiger partial charge on any atom is 0.323 e. The van der Waals surface area contributed by atoms with E-state index in [9.17, 15) is 4.79 Å². The Balaban J connectivity index is 1.85. The molecule has 1 atom stereocenters. The Bertz CT molecular complexity index is 639. The predicted molar refractivity (Wildman–Crippen MR) is 95.4 cm³/mol. The highest BCUT2D eigenvalue weighted by Crippen LogP contribution is 2.26. The molecule has 126 valence electrons. The van der Waals surface area contributed by atoms with Gasteiger partial charge in [0.05, 0.1) is 11.2 Å². The van der Waals surface area contributed by atoms with Crippen molar-refractivity contribution in [2.75, 3.05) is 18.9 Å². The molecule has 0 aliphatic carbocycles. The summed E-state index contributed by atoms with van der Waals surface area (Å²) in [6, 6.07) is -0.155. The van der Waals surface area contributed by atoms with Crippen molar-refractivity contribution >= 4 is 33.8 Å². The van der Waals surface area contributed by atoms with Gasteiger partial charge in [0.15, 0.2) is 0 Å². The molecule has 23 heavy (non-hydrogen) atoms. The number of anilines is 1. The average Bonchev–Trinajstić information content (AvgIpc) is 3.14. The monoisotopic (exact) mass is 353 g/mol. The molecule has 6 nitrogen and oxygen atoms in total. The van der Waals surface area contributed by atoms with Crippen LogP contribution in [0.5, 0.6) is 0 Å². The van der Waals surface area contributed by atoms with Gasteiger partial charge in [-0.05, 0) is 13.3 Å². The Kier molecular flexibility index (Phi) is 6.47. The Labute approximate surface area is 145 Å². The maximum atomic E-state index is 12.2. The molecule has 0 bridgehead atoms. The van der Waals surface area contributed by atoms with E-state index in [-0.39, 0.29) is 6.03 Å². The summed E-state index contributed by atoms with van der Waals surface area (Å²) in [4.78, 5) is 19.3. The number of carbonyl (C=O) groups is 1. The van der Waals surface area contributed by atoms with Gasteiger partial charge in [0.2, 0.25) is 5.13 Å². The highest BCUT2D eigenvalue weighted by molar-refractivity contribution is 7.15. The van der Waals surface area contributed by atoms with Crippen LogP contribution in [0.3, 0.4) is 0 Å². The number of hydrogen-bond donors (Lipinski definition) is 1. The first-order chi connectivity index (χ1) is 11.0. The standard InChI is InChI=1S/C15H23N5OS2/c1-5-6-10(2)13-18-19-14(23-13)17-15(21)20(4)8-7-12-11(3)16-9-22-12/h9-10H,5-8H2,1-4H3,(H,17,19,21). The second-order valence-corrected chi connectivity index (χ2v) is 7.55. The summed E-state index contributed by atoms with van der Waals surface area (Å²) >= 11 is 3.08. The molecule has 2 rings (SSSR count). The van der Waals surface area contributed by atoms with Crippen molar-refractivity contribution in [3.63, 3.8) is 0 Å². The normalized spacial score (nSPS) is 12.2. The fourth-order valence-corrected chi connectivity index (χ4v) is 3.75. The van der Waals surface area contributed by atoms with Crippen LogP contribution in [0.4, 0.5) is 9.93 Å². The van der Waals surface area contributed by atoms with E-state index in [2.05, 4.69) is 34.3 Å². The fraction of sp³-hybridized carbons (Fsp3) is 0.600. The van der Waals surface area contributed by atoms with Gasteiger partial charge in [0.1, 0.15) is 5.01 Å². The number of thiazole rings is 1. The third-order valence-electron chi connectivity index (χ3n) is 3.66. The molecule has 2 amide bonds. The number of aromatic nitrogens is 3. The number of aryl methyl sites for hydroxylation is 1. The van der Waals surface area contributed by atoms with Crippen molar-refractivity contribution < 1.29 is 4.79 Å². The summed E-state index contributed by atoms with van der Waals surface area (Å²) in [7, 11) is 1.79. The molecule has 0 saturated carbocycles. The van der Waals surface area contributed by atoms with Crippen molar-refractivity contribution in [1.82, 2.24) is 20.1 Å². The van der Waals surface area contributed by atoms with Gasteiger partial charge in [-0.1, -0.05) is 31.6 Å². The molecule has 1 unspecified atom stereocenters. The smallest absolute Gasteiger partial charge is 0.323 e. The van der Waals surface area contributed by atoms with Crippen LogP contribution >= 0.6 is 22.7 Å². The van der Waals surface area contributed by atoms with Crippen molar-refractivity contribution in [3.05, 3.63) is 21.1 Å². The topological polar surface area (TPSA) is 71.0 Å². The zero-order valence-electron chi connectivity index (χ0n) is 14.0. The van der Waals surface area contributed by atoms with Gasteiger partial charge in [-0.3, -0.25) is 5.32 Å². The van der Waals surface area contributed by atoms with Crippen LogP contribution in [0.2, 0.25) is 0 Å². The highest BCUT2D eigenvalue weighted by atomic mass is 32.1. The highest BCUT2D eigenvalue weighted by Gasteiger charge is 2.15. The Morgan fingerprint density at radius 2 is 2.22 bits per heavy atom. The quantitative estimate of drug-likeness (QED) is 0.819. The summed E-state index contributed by atoms with van der Waals surface area (Å²) in [5.74, 6) is 0.384. The predicted octanol–water partition coefficient (Wildman–Crippen LogP) is 3.91. The van der Waals surface area contributed by atoms with Crippen LogP contribution in [0.15, 0.2) is 5.51 Å². The minimum Gasteiger partial charge on any atom is -0.327 e. The van der Waals surface area contributed by atoms with E-state index in [0.717, 1.165) is 30.0 Å². The number of nitrogens with one attached hydrogen (secondary N) is 1. The Morgan fingerprint density at radius 1 is 1.43 bits per heavy atom. The summed E-state index contributed by atoms with van der Waals surface area (Å²) in [5, 5.41) is 12.6. The number of nitrogens with zero attached hydrogens (tertiary/aromatic N) is 4. The van der Waals surface area contributed by atoms with Crippen LogP contribution in [0, 0.1) is 6.92 Å².